The van der Waals surface area contributed by atoms with E-state index in [2.05, 4.69) is 5.32 Å². The summed E-state index contributed by atoms with van der Waals surface area (Å²) >= 11 is 0. The van der Waals surface area contributed by atoms with Crippen LogP contribution in [0.4, 0.5) is 0 Å². The highest BCUT2D eigenvalue weighted by molar-refractivity contribution is 5.79. The zero-order valence-electron chi connectivity index (χ0n) is 8.15. The minimum Gasteiger partial charge on any atom is -0.391 e. The second kappa shape index (κ2) is 2.94. The van der Waals surface area contributed by atoms with Crippen LogP contribution >= 0.6 is 0 Å². The maximum absolute atomic E-state index is 11.6. The molecule has 4 nitrogen and oxygen atoms in total. The molecule has 1 saturated heterocycles. The van der Waals surface area contributed by atoms with Crippen LogP contribution < -0.4 is 5.32 Å². The van der Waals surface area contributed by atoms with E-state index in [0.717, 1.165) is 19.5 Å². The van der Waals surface area contributed by atoms with Crippen molar-refractivity contribution in [3.8, 4) is 0 Å². The van der Waals surface area contributed by atoms with Crippen LogP contribution in [-0.4, -0.2) is 47.7 Å². The van der Waals surface area contributed by atoms with Crippen molar-refractivity contribution in [3.05, 3.63) is 0 Å². The summed E-state index contributed by atoms with van der Waals surface area (Å²) in [5.74, 6) is 1.36. The summed E-state index contributed by atoms with van der Waals surface area (Å²) in [6.07, 6.45) is 1.96. The van der Waals surface area contributed by atoms with Crippen molar-refractivity contribution in [1.82, 2.24) is 10.2 Å². The Balaban J connectivity index is 1.72. The summed E-state index contributed by atoms with van der Waals surface area (Å²) in [5.41, 5.74) is 0. The van der Waals surface area contributed by atoms with E-state index in [1.807, 2.05) is 4.90 Å². The molecule has 78 valence electrons. The molecule has 3 rings (SSSR count). The smallest absolute Gasteiger partial charge is 0.236 e. The minimum atomic E-state index is -0.248. The normalized spacial score (nSPS) is 46.6. The van der Waals surface area contributed by atoms with Crippen molar-refractivity contribution in [2.75, 3.05) is 19.6 Å². The fourth-order valence-electron chi connectivity index (χ4n) is 2.98. The van der Waals surface area contributed by atoms with Crippen LogP contribution in [0.2, 0.25) is 0 Å². The molecule has 4 atom stereocenters. The third kappa shape index (κ3) is 1.17. The van der Waals surface area contributed by atoms with Crippen LogP contribution in [0.3, 0.4) is 0 Å². The van der Waals surface area contributed by atoms with Gasteiger partial charge >= 0.3 is 0 Å². The van der Waals surface area contributed by atoms with Crippen molar-refractivity contribution >= 4 is 5.91 Å². The van der Waals surface area contributed by atoms with E-state index >= 15 is 0 Å². The zero-order chi connectivity index (χ0) is 9.71. The van der Waals surface area contributed by atoms with Crippen molar-refractivity contribution in [2.45, 2.75) is 25.0 Å². The van der Waals surface area contributed by atoms with Crippen LogP contribution in [0.15, 0.2) is 0 Å². The average molecular weight is 196 g/mol. The van der Waals surface area contributed by atoms with E-state index in [1.54, 1.807) is 0 Å². The summed E-state index contributed by atoms with van der Waals surface area (Å²) in [5, 5.41) is 13.0. The molecule has 4 heteroatoms. The van der Waals surface area contributed by atoms with Crippen LogP contribution in [0.25, 0.3) is 0 Å². The largest absolute Gasteiger partial charge is 0.391 e. The molecule has 0 aromatic heterocycles. The number of aliphatic hydroxyl groups is 1. The molecule has 3 aliphatic rings. The zero-order valence-corrected chi connectivity index (χ0v) is 8.15. The molecule has 0 aromatic rings. The number of piperazine rings is 1. The highest BCUT2D eigenvalue weighted by atomic mass is 16.3. The molecule has 14 heavy (non-hydrogen) atoms. The Bertz CT molecular complexity index is 269. The highest BCUT2D eigenvalue weighted by Gasteiger charge is 2.55. The first-order valence-corrected chi connectivity index (χ1v) is 5.45. The average Bonchev–Trinajstić information content (AvgIpc) is 2.88. The van der Waals surface area contributed by atoms with Gasteiger partial charge in [0.25, 0.3) is 0 Å². The molecule has 0 bridgehead atoms. The van der Waals surface area contributed by atoms with Crippen molar-refractivity contribution < 1.29 is 9.90 Å². The number of hydrogen-bond acceptors (Lipinski definition) is 3. The Kier molecular flexibility index (Phi) is 1.82. The Morgan fingerprint density at radius 3 is 2.93 bits per heavy atom. The first kappa shape index (κ1) is 8.68. The molecule has 1 amide bonds. The second-order valence-electron chi connectivity index (χ2n) is 4.72. The summed E-state index contributed by atoms with van der Waals surface area (Å²) in [7, 11) is 0. The predicted octanol–water partition coefficient (Wildman–Crippen LogP) is -0.812. The van der Waals surface area contributed by atoms with Gasteiger partial charge in [0.2, 0.25) is 5.91 Å². The summed E-state index contributed by atoms with van der Waals surface area (Å²) in [6, 6.07) is 0.119. The van der Waals surface area contributed by atoms with Gasteiger partial charge in [0.1, 0.15) is 0 Å². The fourth-order valence-corrected chi connectivity index (χ4v) is 2.98. The SMILES string of the molecule is O=C1CNCCN1[C@H]1C[C@H]2C[C@@H]2[C@H]1O. The Labute approximate surface area is 83.3 Å². The molecule has 0 unspecified atom stereocenters. The number of hydrogen-bond donors (Lipinski definition) is 2. The summed E-state index contributed by atoms with van der Waals surface area (Å²) in [6.45, 7) is 2.07. The fraction of sp³-hybridized carbons (Fsp3) is 0.900. The van der Waals surface area contributed by atoms with Crippen LogP contribution in [0.1, 0.15) is 12.8 Å². The molecule has 0 radical (unpaired) electrons. The topological polar surface area (TPSA) is 52.6 Å². The van der Waals surface area contributed by atoms with E-state index < -0.39 is 0 Å². The van der Waals surface area contributed by atoms with Crippen molar-refractivity contribution in [3.63, 3.8) is 0 Å². The van der Waals surface area contributed by atoms with Crippen LogP contribution in [0.5, 0.6) is 0 Å². The third-order valence-corrected chi connectivity index (χ3v) is 3.88. The highest BCUT2D eigenvalue weighted by Crippen LogP contribution is 2.53. The molecule has 0 spiro atoms. The molecule has 2 N–H and O–H groups in total. The molecular weight excluding hydrogens is 180 g/mol. The summed E-state index contributed by atoms with van der Waals surface area (Å²) < 4.78 is 0. The maximum atomic E-state index is 11.6. The lowest BCUT2D eigenvalue weighted by Gasteiger charge is -2.35. The summed E-state index contributed by atoms with van der Waals surface area (Å²) in [4.78, 5) is 13.5. The second-order valence-corrected chi connectivity index (χ2v) is 4.72. The first-order valence-electron chi connectivity index (χ1n) is 5.45. The van der Waals surface area contributed by atoms with E-state index in [4.69, 9.17) is 0 Å². The van der Waals surface area contributed by atoms with Gasteiger partial charge in [-0.15, -0.1) is 0 Å². The van der Waals surface area contributed by atoms with Gasteiger partial charge in [-0.1, -0.05) is 0 Å². The number of nitrogens with one attached hydrogen (secondary N) is 1. The minimum absolute atomic E-state index is 0.119. The third-order valence-electron chi connectivity index (χ3n) is 3.88. The number of aliphatic hydroxyl groups excluding tert-OH is 1. The molecule has 3 fully saturated rings. The van der Waals surface area contributed by atoms with Gasteiger partial charge in [0.15, 0.2) is 0 Å². The molecule has 0 aromatic carbocycles. The van der Waals surface area contributed by atoms with Gasteiger partial charge in [0, 0.05) is 13.1 Å². The number of carbonyl (C=O) groups is 1. The van der Waals surface area contributed by atoms with Gasteiger partial charge in [-0.3, -0.25) is 4.79 Å². The van der Waals surface area contributed by atoms with Gasteiger partial charge < -0.3 is 15.3 Å². The predicted molar refractivity (Wildman–Crippen MR) is 50.6 cm³/mol. The van der Waals surface area contributed by atoms with Gasteiger partial charge in [-0.05, 0) is 24.7 Å². The quantitative estimate of drug-likeness (QED) is 0.576. The first-order chi connectivity index (χ1) is 6.77. The lowest BCUT2D eigenvalue weighted by atomic mass is 10.1. The Hall–Kier alpha value is -0.610. The van der Waals surface area contributed by atoms with Gasteiger partial charge in [-0.2, -0.15) is 0 Å². The number of nitrogens with zero attached hydrogens (tertiary/aromatic N) is 1. The van der Waals surface area contributed by atoms with Crippen molar-refractivity contribution in [1.29, 1.82) is 0 Å². The van der Waals surface area contributed by atoms with E-state index in [0.29, 0.717) is 18.4 Å². The number of fused-ring (bicyclic) bond motifs is 1. The lowest BCUT2D eigenvalue weighted by Crippen LogP contribution is -2.55. The molecule has 2 saturated carbocycles. The number of carbonyl (C=O) groups excluding carboxylic acids is 1. The molecule has 2 aliphatic carbocycles. The molecule has 1 aliphatic heterocycles. The lowest BCUT2D eigenvalue weighted by molar-refractivity contribution is -0.136. The van der Waals surface area contributed by atoms with Crippen LogP contribution in [0, 0.1) is 11.8 Å². The van der Waals surface area contributed by atoms with E-state index in [1.165, 1.54) is 6.42 Å². The van der Waals surface area contributed by atoms with E-state index in [9.17, 15) is 9.90 Å². The Morgan fingerprint density at radius 1 is 1.43 bits per heavy atom. The number of amides is 1. The van der Waals surface area contributed by atoms with Gasteiger partial charge in [0.05, 0.1) is 18.7 Å². The van der Waals surface area contributed by atoms with Crippen molar-refractivity contribution in [2.24, 2.45) is 11.8 Å². The Morgan fingerprint density at radius 2 is 2.29 bits per heavy atom. The standard InChI is InChI=1S/C10H16N2O2/c13-9-5-11-1-2-12(9)8-4-6-3-7(6)10(8)14/h6-8,10-11,14H,1-5H2/t6-,7+,8+,10-/m1/s1. The van der Waals surface area contributed by atoms with E-state index in [-0.39, 0.29) is 18.1 Å². The number of rotatable bonds is 1. The van der Waals surface area contributed by atoms with Crippen LogP contribution in [-0.2, 0) is 4.79 Å². The monoisotopic (exact) mass is 196 g/mol. The maximum Gasteiger partial charge on any atom is 0.236 e. The molecular formula is C10H16N2O2. The molecule has 1 heterocycles. The van der Waals surface area contributed by atoms with Gasteiger partial charge in [-0.25, -0.2) is 0 Å².